The number of halogens is 1. The summed E-state index contributed by atoms with van der Waals surface area (Å²) in [4.78, 5) is 31.2. The van der Waals surface area contributed by atoms with E-state index in [1.165, 1.54) is 23.5 Å². The first-order chi connectivity index (χ1) is 15.6. The van der Waals surface area contributed by atoms with Crippen LogP contribution >= 0.6 is 22.9 Å². The number of hydrogen-bond acceptors (Lipinski definition) is 6. The van der Waals surface area contributed by atoms with Gasteiger partial charge in [-0.2, -0.15) is 0 Å². The summed E-state index contributed by atoms with van der Waals surface area (Å²) in [6.45, 7) is 3.49. The third-order valence-electron chi connectivity index (χ3n) is 6.01. The Balaban J connectivity index is 1.48. The molecule has 6 nitrogen and oxygen atoms in total. The fraction of sp³-hybridized carbons (Fsp3) is 0.292. The topological polar surface area (TPSA) is 93.2 Å². The molecule has 2 aromatic carbocycles. The van der Waals surface area contributed by atoms with Gasteiger partial charge in [-0.3, -0.25) is 9.59 Å². The van der Waals surface area contributed by atoms with Crippen molar-refractivity contribution in [2.45, 2.75) is 43.4 Å². The zero-order valence-corrected chi connectivity index (χ0v) is 20.6. The zero-order valence-electron chi connectivity index (χ0n) is 18.2. The van der Waals surface area contributed by atoms with E-state index in [2.05, 4.69) is 10.3 Å². The Labute approximate surface area is 201 Å². The van der Waals surface area contributed by atoms with Crippen LogP contribution < -0.4 is 5.32 Å². The standard InChI is InChI=1S/C24H23ClN2O4S2/c1-3-33(30,31)16-10-8-15(9-11-16)14-20(28)27-23-26-19-12-13-24(2,22(29)21(19)32-23)17-6-4-5-7-18(17)25/h4-11H,3,12-14H2,1-2H3,(H,26,27,28). The normalized spacial score (nSPS) is 18.1. The molecule has 3 aromatic rings. The molecule has 1 aromatic heterocycles. The average Bonchev–Trinajstić information content (AvgIpc) is 3.20. The lowest BCUT2D eigenvalue weighted by Crippen LogP contribution is -2.37. The quantitative estimate of drug-likeness (QED) is 0.519. The molecule has 0 radical (unpaired) electrons. The van der Waals surface area contributed by atoms with Gasteiger partial charge in [-0.1, -0.05) is 60.2 Å². The van der Waals surface area contributed by atoms with E-state index >= 15 is 0 Å². The number of nitrogens with one attached hydrogen (secondary N) is 1. The Bertz CT molecular complexity index is 1330. The van der Waals surface area contributed by atoms with Gasteiger partial charge in [0.25, 0.3) is 0 Å². The SMILES string of the molecule is CCS(=O)(=O)c1ccc(CC(=O)Nc2nc3c(s2)C(=O)C(C)(c2ccccc2Cl)CC3)cc1. The van der Waals surface area contributed by atoms with Gasteiger partial charge in [0.15, 0.2) is 20.8 Å². The largest absolute Gasteiger partial charge is 0.302 e. The second-order valence-electron chi connectivity index (χ2n) is 8.21. The highest BCUT2D eigenvalue weighted by atomic mass is 35.5. The van der Waals surface area contributed by atoms with Crippen LogP contribution in [0.2, 0.25) is 5.02 Å². The Morgan fingerprint density at radius 3 is 2.55 bits per heavy atom. The molecule has 172 valence electrons. The number of aryl methyl sites for hydroxylation is 1. The molecule has 1 atom stereocenters. The van der Waals surface area contributed by atoms with E-state index in [4.69, 9.17) is 11.6 Å². The van der Waals surface area contributed by atoms with E-state index in [1.54, 1.807) is 25.1 Å². The maximum absolute atomic E-state index is 13.4. The molecule has 0 aliphatic heterocycles. The number of Topliss-reactive ketones (excluding diaryl/α,β-unsaturated/α-hetero) is 1. The molecule has 1 aliphatic carbocycles. The molecule has 0 bridgehead atoms. The van der Waals surface area contributed by atoms with Crippen molar-refractivity contribution in [2.75, 3.05) is 11.1 Å². The molecule has 1 amide bonds. The second-order valence-corrected chi connectivity index (χ2v) is 11.9. The summed E-state index contributed by atoms with van der Waals surface area (Å²) in [5.74, 6) is -0.299. The summed E-state index contributed by atoms with van der Waals surface area (Å²) >= 11 is 7.56. The minimum atomic E-state index is -3.28. The molecule has 4 rings (SSSR count). The number of fused-ring (bicyclic) bond motifs is 1. The third-order valence-corrected chi connectivity index (χ3v) is 9.10. The van der Waals surface area contributed by atoms with Gasteiger partial charge >= 0.3 is 0 Å². The maximum Gasteiger partial charge on any atom is 0.230 e. The lowest BCUT2D eigenvalue weighted by Gasteiger charge is -2.32. The van der Waals surface area contributed by atoms with Gasteiger partial charge in [-0.05, 0) is 49.1 Å². The van der Waals surface area contributed by atoms with Crippen molar-refractivity contribution < 1.29 is 18.0 Å². The summed E-state index contributed by atoms with van der Waals surface area (Å²) in [5, 5.41) is 3.72. The molecule has 0 saturated heterocycles. The maximum atomic E-state index is 13.4. The van der Waals surface area contributed by atoms with Gasteiger partial charge in [0, 0.05) is 5.02 Å². The second kappa shape index (κ2) is 9.00. The molecule has 0 saturated carbocycles. The van der Waals surface area contributed by atoms with Gasteiger partial charge in [0.05, 0.1) is 33.1 Å². The highest BCUT2D eigenvalue weighted by molar-refractivity contribution is 7.91. The van der Waals surface area contributed by atoms with Crippen molar-refractivity contribution >= 4 is 49.6 Å². The van der Waals surface area contributed by atoms with Crippen LogP contribution in [0.15, 0.2) is 53.4 Å². The van der Waals surface area contributed by atoms with Crippen LogP contribution in [0.4, 0.5) is 5.13 Å². The Morgan fingerprint density at radius 2 is 1.88 bits per heavy atom. The predicted molar refractivity (Wildman–Crippen MR) is 130 cm³/mol. The van der Waals surface area contributed by atoms with Crippen LogP contribution in [0.5, 0.6) is 0 Å². The number of sulfone groups is 1. The number of thiazole rings is 1. The number of ketones is 1. The van der Waals surface area contributed by atoms with Crippen LogP contribution in [0.25, 0.3) is 0 Å². The molecule has 1 heterocycles. The van der Waals surface area contributed by atoms with Crippen LogP contribution in [0.1, 0.15) is 46.8 Å². The molecule has 1 aliphatic rings. The molecular formula is C24H23ClN2O4S2. The molecule has 9 heteroatoms. The van der Waals surface area contributed by atoms with Crippen LogP contribution in [0, 0.1) is 0 Å². The van der Waals surface area contributed by atoms with Gasteiger partial charge in [0.2, 0.25) is 5.91 Å². The van der Waals surface area contributed by atoms with Crippen molar-refractivity contribution in [3.63, 3.8) is 0 Å². The molecule has 1 unspecified atom stereocenters. The number of aromatic nitrogens is 1. The highest BCUT2D eigenvalue weighted by Gasteiger charge is 2.43. The minimum Gasteiger partial charge on any atom is -0.302 e. The Morgan fingerprint density at radius 1 is 1.18 bits per heavy atom. The van der Waals surface area contributed by atoms with Crippen LogP contribution in [-0.4, -0.2) is 30.8 Å². The van der Waals surface area contributed by atoms with E-state index in [0.717, 1.165) is 5.56 Å². The van der Waals surface area contributed by atoms with E-state index in [1.807, 2.05) is 25.1 Å². The van der Waals surface area contributed by atoms with Crippen LogP contribution in [0.3, 0.4) is 0 Å². The fourth-order valence-electron chi connectivity index (χ4n) is 3.98. The average molecular weight is 503 g/mol. The summed E-state index contributed by atoms with van der Waals surface area (Å²) in [5.41, 5.74) is 1.44. The predicted octanol–water partition coefficient (Wildman–Crippen LogP) is 4.86. The van der Waals surface area contributed by atoms with E-state index in [9.17, 15) is 18.0 Å². The number of amides is 1. The van der Waals surface area contributed by atoms with Crippen molar-refractivity contribution in [3.05, 3.63) is 75.3 Å². The molecule has 0 fully saturated rings. The summed E-state index contributed by atoms with van der Waals surface area (Å²) in [6, 6.07) is 13.7. The zero-order chi connectivity index (χ0) is 23.8. The van der Waals surface area contributed by atoms with Crippen LogP contribution in [-0.2, 0) is 32.9 Å². The number of carbonyl (C=O) groups excluding carboxylic acids is 2. The van der Waals surface area contributed by atoms with E-state index in [-0.39, 0.29) is 28.8 Å². The monoisotopic (exact) mass is 502 g/mol. The van der Waals surface area contributed by atoms with Crippen molar-refractivity contribution in [3.8, 4) is 0 Å². The first-order valence-corrected chi connectivity index (χ1v) is 13.4. The number of benzene rings is 2. The first-order valence-electron chi connectivity index (χ1n) is 10.5. The van der Waals surface area contributed by atoms with Gasteiger partial charge < -0.3 is 5.32 Å². The molecule has 33 heavy (non-hydrogen) atoms. The van der Waals surface area contributed by atoms with Crippen molar-refractivity contribution in [1.29, 1.82) is 0 Å². The lowest BCUT2D eigenvalue weighted by molar-refractivity contribution is -0.115. The van der Waals surface area contributed by atoms with Gasteiger partial charge in [-0.25, -0.2) is 13.4 Å². The Kier molecular flexibility index (Phi) is 6.44. The van der Waals surface area contributed by atoms with Crippen molar-refractivity contribution in [2.24, 2.45) is 0 Å². The Hall–Kier alpha value is -2.55. The number of hydrogen-bond donors (Lipinski definition) is 1. The van der Waals surface area contributed by atoms with Gasteiger partial charge in [0.1, 0.15) is 0 Å². The first kappa shape index (κ1) is 23.6. The fourth-order valence-corrected chi connectivity index (χ4v) is 6.31. The molecule has 1 N–H and O–H groups in total. The lowest BCUT2D eigenvalue weighted by atomic mass is 9.71. The van der Waals surface area contributed by atoms with Gasteiger partial charge in [-0.15, -0.1) is 0 Å². The molecule has 0 spiro atoms. The summed E-state index contributed by atoms with van der Waals surface area (Å²) in [7, 11) is -3.28. The minimum absolute atomic E-state index is 0.0236. The molecular weight excluding hydrogens is 480 g/mol. The number of nitrogens with zero attached hydrogens (tertiary/aromatic N) is 1. The number of anilines is 1. The summed E-state index contributed by atoms with van der Waals surface area (Å²) in [6.07, 6.45) is 1.28. The number of rotatable bonds is 6. The number of carbonyl (C=O) groups is 2. The summed E-state index contributed by atoms with van der Waals surface area (Å²) < 4.78 is 23.9. The third kappa shape index (κ3) is 4.60. The highest BCUT2D eigenvalue weighted by Crippen LogP contribution is 2.43. The van der Waals surface area contributed by atoms with E-state index in [0.29, 0.717) is 39.1 Å². The van der Waals surface area contributed by atoms with Crippen molar-refractivity contribution in [1.82, 2.24) is 4.98 Å². The smallest absolute Gasteiger partial charge is 0.230 e. The van der Waals surface area contributed by atoms with E-state index < -0.39 is 15.3 Å².